The van der Waals surface area contributed by atoms with Crippen LogP contribution in [0.15, 0.2) is 41.4 Å². The Balaban J connectivity index is 1.47. The summed E-state index contributed by atoms with van der Waals surface area (Å²) in [7, 11) is 0. The van der Waals surface area contributed by atoms with E-state index in [0.717, 1.165) is 5.56 Å². The number of aryl methyl sites for hydroxylation is 1. The molecule has 2 aromatic heterocycles. The quantitative estimate of drug-likeness (QED) is 0.702. The predicted octanol–water partition coefficient (Wildman–Crippen LogP) is 1.63. The average molecular weight is 340 g/mol. The highest BCUT2D eigenvalue weighted by atomic mass is 16.5. The number of rotatable bonds is 7. The molecule has 3 aromatic rings. The topological polar surface area (TPSA) is 98.7 Å². The van der Waals surface area contributed by atoms with Crippen molar-refractivity contribution in [2.45, 2.75) is 26.8 Å². The second-order valence-electron chi connectivity index (χ2n) is 5.94. The number of hydrogen-bond donors (Lipinski definition) is 1. The zero-order valence-corrected chi connectivity index (χ0v) is 14.2. The smallest absolute Gasteiger partial charge is 0.228 e. The lowest BCUT2D eigenvalue weighted by Gasteiger charge is -2.11. The Morgan fingerprint density at radius 3 is 2.84 bits per heavy atom. The molecule has 8 nitrogen and oxygen atoms in total. The van der Waals surface area contributed by atoms with Crippen LogP contribution in [0, 0.1) is 12.8 Å². The van der Waals surface area contributed by atoms with E-state index in [1.54, 1.807) is 11.0 Å². The minimum Gasteiger partial charge on any atom is -0.355 e. The Morgan fingerprint density at radius 2 is 2.12 bits per heavy atom. The minimum atomic E-state index is -0.201. The van der Waals surface area contributed by atoms with E-state index in [-0.39, 0.29) is 11.8 Å². The van der Waals surface area contributed by atoms with Gasteiger partial charge in [0.2, 0.25) is 17.6 Å². The van der Waals surface area contributed by atoms with Gasteiger partial charge in [0, 0.05) is 18.5 Å². The summed E-state index contributed by atoms with van der Waals surface area (Å²) in [5.74, 6) is 0.807. The van der Waals surface area contributed by atoms with Gasteiger partial charge in [0.25, 0.3) is 0 Å². The molecule has 2 heterocycles. The predicted molar refractivity (Wildman–Crippen MR) is 90.4 cm³/mol. The fraction of sp³-hybridized carbons (Fsp3) is 0.353. The number of nitrogens with one attached hydrogen (secondary N) is 1. The molecule has 0 radical (unpaired) electrons. The normalized spacial score (nSPS) is 12.1. The molecule has 0 aliphatic carbocycles. The van der Waals surface area contributed by atoms with E-state index in [9.17, 15) is 4.79 Å². The van der Waals surface area contributed by atoms with Gasteiger partial charge >= 0.3 is 0 Å². The molecule has 0 unspecified atom stereocenters. The average Bonchev–Trinajstić information content (AvgIpc) is 3.27. The van der Waals surface area contributed by atoms with Crippen LogP contribution in [0.25, 0.3) is 11.4 Å². The molecule has 0 saturated heterocycles. The first-order chi connectivity index (χ1) is 12.1. The van der Waals surface area contributed by atoms with Crippen LogP contribution in [0.5, 0.6) is 0 Å². The fourth-order valence-electron chi connectivity index (χ4n) is 2.33. The summed E-state index contributed by atoms with van der Waals surface area (Å²) in [5, 5.41) is 10.8. The summed E-state index contributed by atoms with van der Waals surface area (Å²) >= 11 is 0. The number of nitrogens with zero attached hydrogens (tertiary/aromatic N) is 5. The van der Waals surface area contributed by atoms with Crippen LogP contribution < -0.4 is 5.32 Å². The molecule has 0 aliphatic rings. The summed E-state index contributed by atoms with van der Waals surface area (Å²) in [4.78, 5) is 20.3. The van der Waals surface area contributed by atoms with Gasteiger partial charge in [-0.3, -0.25) is 9.48 Å². The van der Waals surface area contributed by atoms with Crippen LogP contribution in [0.4, 0.5) is 0 Å². The lowest BCUT2D eigenvalue weighted by Crippen LogP contribution is -2.33. The van der Waals surface area contributed by atoms with E-state index in [1.165, 1.54) is 11.9 Å². The Morgan fingerprint density at radius 1 is 1.32 bits per heavy atom. The van der Waals surface area contributed by atoms with Crippen LogP contribution in [-0.4, -0.2) is 37.4 Å². The Bertz CT molecular complexity index is 810. The molecule has 3 rings (SSSR count). The molecule has 1 aromatic carbocycles. The monoisotopic (exact) mass is 340 g/mol. The van der Waals surface area contributed by atoms with Gasteiger partial charge in [0.1, 0.15) is 12.7 Å². The zero-order chi connectivity index (χ0) is 17.6. The van der Waals surface area contributed by atoms with E-state index in [1.807, 2.05) is 38.1 Å². The summed E-state index contributed by atoms with van der Waals surface area (Å²) in [5.41, 5.74) is 2.08. The highest BCUT2D eigenvalue weighted by Gasteiger charge is 2.14. The second kappa shape index (κ2) is 7.69. The second-order valence-corrected chi connectivity index (χ2v) is 5.94. The first kappa shape index (κ1) is 16.8. The number of hydrogen-bond acceptors (Lipinski definition) is 6. The molecule has 0 fully saturated rings. The third kappa shape index (κ3) is 4.50. The van der Waals surface area contributed by atoms with Gasteiger partial charge in [0.15, 0.2) is 0 Å². The van der Waals surface area contributed by atoms with Gasteiger partial charge in [-0.15, -0.1) is 0 Å². The minimum absolute atomic E-state index is 0.0474. The molecule has 1 N–H and O–H groups in total. The Kier molecular flexibility index (Phi) is 5.17. The SMILES string of the molecule is Cc1ccc(-c2noc(CCNC(=O)[C@@H](C)Cn3cncn3)n2)cc1. The highest BCUT2D eigenvalue weighted by Crippen LogP contribution is 2.16. The fourth-order valence-corrected chi connectivity index (χ4v) is 2.33. The maximum absolute atomic E-state index is 12.1. The maximum Gasteiger partial charge on any atom is 0.228 e. The summed E-state index contributed by atoms with van der Waals surface area (Å²) in [6, 6.07) is 7.92. The lowest BCUT2D eigenvalue weighted by molar-refractivity contribution is -0.124. The molecule has 0 aliphatic heterocycles. The number of carbonyl (C=O) groups excluding carboxylic acids is 1. The van der Waals surface area contributed by atoms with Crippen molar-refractivity contribution in [1.82, 2.24) is 30.2 Å². The number of aromatic nitrogens is 5. The van der Waals surface area contributed by atoms with Crippen LogP contribution in [-0.2, 0) is 17.8 Å². The van der Waals surface area contributed by atoms with Gasteiger partial charge in [-0.05, 0) is 6.92 Å². The van der Waals surface area contributed by atoms with Crippen molar-refractivity contribution >= 4 is 5.91 Å². The van der Waals surface area contributed by atoms with Gasteiger partial charge < -0.3 is 9.84 Å². The Labute approximate surface area is 145 Å². The van der Waals surface area contributed by atoms with Gasteiger partial charge in [-0.25, -0.2) is 4.98 Å². The first-order valence-electron chi connectivity index (χ1n) is 8.11. The van der Waals surface area contributed by atoms with E-state index in [2.05, 4.69) is 25.5 Å². The molecule has 0 spiro atoms. The lowest BCUT2D eigenvalue weighted by atomic mass is 10.1. The largest absolute Gasteiger partial charge is 0.355 e. The van der Waals surface area contributed by atoms with Gasteiger partial charge in [-0.1, -0.05) is 41.9 Å². The standard InChI is InChI=1S/C17H20N6O2/c1-12-3-5-14(6-4-12)16-21-15(25-22-16)7-8-19-17(24)13(2)9-23-11-18-10-20-23/h3-6,10-11,13H,7-9H2,1-2H3,(H,19,24)/t13-/m0/s1. The van der Waals surface area contributed by atoms with Crippen molar-refractivity contribution in [3.8, 4) is 11.4 Å². The molecule has 25 heavy (non-hydrogen) atoms. The van der Waals surface area contributed by atoms with Crippen LogP contribution >= 0.6 is 0 Å². The molecular weight excluding hydrogens is 320 g/mol. The molecule has 8 heteroatoms. The van der Waals surface area contributed by atoms with Crippen molar-refractivity contribution in [3.05, 3.63) is 48.4 Å². The van der Waals surface area contributed by atoms with Crippen LogP contribution in [0.2, 0.25) is 0 Å². The van der Waals surface area contributed by atoms with Gasteiger partial charge in [0.05, 0.1) is 12.5 Å². The zero-order valence-electron chi connectivity index (χ0n) is 14.2. The first-order valence-corrected chi connectivity index (χ1v) is 8.11. The van der Waals surface area contributed by atoms with Gasteiger partial charge in [-0.2, -0.15) is 10.1 Å². The van der Waals surface area contributed by atoms with Crippen molar-refractivity contribution in [2.75, 3.05) is 6.54 Å². The maximum atomic E-state index is 12.1. The highest BCUT2D eigenvalue weighted by molar-refractivity contribution is 5.78. The molecule has 0 bridgehead atoms. The van der Waals surface area contributed by atoms with Crippen molar-refractivity contribution in [3.63, 3.8) is 0 Å². The number of amides is 1. The van der Waals surface area contributed by atoms with Crippen molar-refractivity contribution < 1.29 is 9.32 Å². The summed E-state index contributed by atoms with van der Waals surface area (Å²) in [6.45, 7) is 4.80. The summed E-state index contributed by atoms with van der Waals surface area (Å²) in [6.07, 6.45) is 3.53. The molecular formula is C17H20N6O2. The van der Waals surface area contributed by atoms with Crippen LogP contribution in [0.1, 0.15) is 18.4 Å². The third-order valence-corrected chi connectivity index (χ3v) is 3.79. The van der Waals surface area contributed by atoms with Crippen molar-refractivity contribution in [2.24, 2.45) is 5.92 Å². The van der Waals surface area contributed by atoms with E-state index < -0.39 is 0 Å². The molecule has 1 amide bonds. The Hall–Kier alpha value is -3.03. The molecule has 1 atom stereocenters. The summed E-state index contributed by atoms with van der Waals surface area (Å²) < 4.78 is 6.88. The number of carbonyl (C=O) groups is 1. The van der Waals surface area contributed by atoms with E-state index in [4.69, 9.17) is 4.52 Å². The molecule has 0 saturated carbocycles. The van der Waals surface area contributed by atoms with Crippen molar-refractivity contribution in [1.29, 1.82) is 0 Å². The van der Waals surface area contributed by atoms with E-state index in [0.29, 0.717) is 31.2 Å². The number of benzene rings is 1. The van der Waals surface area contributed by atoms with E-state index >= 15 is 0 Å². The third-order valence-electron chi connectivity index (χ3n) is 3.79. The molecule has 130 valence electrons. The van der Waals surface area contributed by atoms with Crippen LogP contribution in [0.3, 0.4) is 0 Å².